The zero-order chi connectivity index (χ0) is 19.9. The van der Waals surface area contributed by atoms with Crippen molar-refractivity contribution in [1.29, 1.82) is 0 Å². The second-order valence-corrected chi connectivity index (χ2v) is 7.60. The molecule has 0 aliphatic carbocycles. The molecular weight excluding hydrogens is 368 g/mol. The predicted octanol–water partition coefficient (Wildman–Crippen LogP) is 1.73. The van der Waals surface area contributed by atoms with Crippen LogP contribution in [0.3, 0.4) is 0 Å². The van der Waals surface area contributed by atoms with E-state index in [0.29, 0.717) is 24.5 Å². The highest BCUT2D eigenvalue weighted by Crippen LogP contribution is 2.27. The quantitative estimate of drug-likeness (QED) is 0.678. The van der Waals surface area contributed by atoms with E-state index >= 15 is 0 Å². The zero-order valence-corrected chi connectivity index (χ0v) is 16.4. The normalized spacial score (nSPS) is 12.3. The van der Waals surface area contributed by atoms with E-state index in [9.17, 15) is 13.2 Å². The van der Waals surface area contributed by atoms with Crippen LogP contribution in [-0.4, -0.2) is 41.1 Å². The van der Waals surface area contributed by atoms with Crippen LogP contribution in [0.2, 0.25) is 0 Å². The van der Waals surface area contributed by atoms with Crippen LogP contribution >= 0.6 is 0 Å². The molecule has 2 N–H and O–H groups in total. The maximum absolute atomic E-state index is 12.3. The number of rotatable bonds is 9. The van der Waals surface area contributed by atoms with Gasteiger partial charge < -0.3 is 14.8 Å². The van der Waals surface area contributed by atoms with Gasteiger partial charge in [0, 0.05) is 6.54 Å². The summed E-state index contributed by atoms with van der Waals surface area (Å²) in [5.41, 5.74) is 0.963. The molecule has 0 radical (unpaired) electrons. The van der Waals surface area contributed by atoms with E-state index in [-0.39, 0.29) is 4.90 Å². The summed E-state index contributed by atoms with van der Waals surface area (Å²) < 4.78 is 37.3. The van der Waals surface area contributed by atoms with E-state index in [1.807, 2.05) is 12.1 Å². The fraction of sp³-hybridized carbons (Fsp3) is 0.316. The molecule has 0 spiro atoms. The Kier molecular flexibility index (Phi) is 7.20. The number of nitrogens with one attached hydrogen (secondary N) is 2. The molecule has 0 bridgehead atoms. The van der Waals surface area contributed by atoms with Crippen molar-refractivity contribution in [3.63, 3.8) is 0 Å². The lowest BCUT2D eigenvalue weighted by Gasteiger charge is -2.15. The van der Waals surface area contributed by atoms with E-state index in [1.165, 1.54) is 19.1 Å². The smallest absolute Gasteiger partial charge is 0.241 e. The molecule has 2 aromatic carbocycles. The van der Waals surface area contributed by atoms with Crippen molar-refractivity contribution in [3.05, 3.63) is 54.1 Å². The van der Waals surface area contributed by atoms with Gasteiger partial charge in [0.15, 0.2) is 11.5 Å². The number of amides is 1. The molecule has 27 heavy (non-hydrogen) atoms. The lowest BCUT2D eigenvalue weighted by atomic mass is 10.1. The third kappa shape index (κ3) is 5.70. The number of ether oxygens (including phenoxy) is 2. The lowest BCUT2D eigenvalue weighted by Crippen LogP contribution is -2.45. The first-order valence-electron chi connectivity index (χ1n) is 8.43. The molecule has 0 aliphatic rings. The Hall–Kier alpha value is -2.58. The van der Waals surface area contributed by atoms with Crippen LogP contribution < -0.4 is 19.5 Å². The Morgan fingerprint density at radius 2 is 1.70 bits per heavy atom. The van der Waals surface area contributed by atoms with Crippen LogP contribution in [-0.2, 0) is 21.2 Å². The second-order valence-electron chi connectivity index (χ2n) is 5.89. The van der Waals surface area contributed by atoms with Gasteiger partial charge in [-0.1, -0.05) is 24.3 Å². The third-order valence-electron chi connectivity index (χ3n) is 3.94. The topological polar surface area (TPSA) is 93.7 Å². The number of hydrogen-bond donors (Lipinski definition) is 2. The fourth-order valence-electron chi connectivity index (χ4n) is 2.47. The second kappa shape index (κ2) is 9.38. The van der Waals surface area contributed by atoms with Gasteiger partial charge in [0.05, 0.1) is 25.2 Å². The monoisotopic (exact) mass is 392 g/mol. The van der Waals surface area contributed by atoms with Crippen molar-refractivity contribution >= 4 is 15.9 Å². The van der Waals surface area contributed by atoms with E-state index in [1.54, 1.807) is 38.5 Å². The van der Waals surface area contributed by atoms with E-state index in [4.69, 9.17) is 9.47 Å². The molecule has 0 unspecified atom stereocenters. The van der Waals surface area contributed by atoms with Gasteiger partial charge in [0.2, 0.25) is 15.9 Å². The summed E-state index contributed by atoms with van der Waals surface area (Å²) in [4.78, 5) is 12.3. The maximum atomic E-state index is 12.3. The van der Waals surface area contributed by atoms with Crippen molar-refractivity contribution in [3.8, 4) is 11.5 Å². The Labute approximate surface area is 159 Å². The molecule has 0 aromatic heterocycles. The Morgan fingerprint density at radius 3 is 2.33 bits per heavy atom. The molecule has 146 valence electrons. The maximum Gasteiger partial charge on any atom is 0.241 e. The molecule has 2 rings (SSSR count). The van der Waals surface area contributed by atoms with Crippen LogP contribution in [0.25, 0.3) is 0 Å². The molecule has 2 aromatic rings. The Morgan fingerprint density at radius 1 is 1.04 bits per heavy atom. The van der Waals surface area contributed by atoms with Gasteiger partial charge >= 0.3 is 0 Å². The highest BCUT2D eigenvalue weighted by Gasteiger charge is 2.21. The molecular formula is C19H24N2O5S. The standard InChI is InChI=1S/C19H24N2O5S/c1-14(21-27(23,24)16-7-5-4-6-8-16)19(22)20-12-11-15-9-10-17(25-2)18(13-15)26-3/h4-10,13-14,21H,11-12H2,1-3H3,(H,20,22)/t14-/m1/s1. The summed E-state index contributed by atoms with van der Waals surface area (Å²) in [6, 6.07) is 12.6. The van der Waals surface area contributed by atoms with Crippen molar-refractivity contribution in [1.82, 2.24) is 10.0 Å². The summed E-state index contributed by atoms with van der Waals surface area (Å²) in [5.74, 6) is 0.856. The lowest BCUT2D eigenvalue weighted by molar-refractivity contribution is -0.122. The summed E-state index contributed by atoms with van der Waals surface area (Å²) in [7, 11) is -0.615. The first-order chi connectivity index (χ1) is 12.9. The van der Waals surface area contributed by atoms with Crippen molar-refractivity contribution in [2.45, 2.75) is 24.3 Å². The number of benzene rings is 2. The van der Waals surface area contributed by atoms with E-state index in [0.717, 1.165) is 5.56 Å². The van der Waals surface area contributed by atoms with Gasteiger partial charge in [-0.15, -0.1) is 0 Å². The molecule has 1 atom stereocenters. The average Bonchev–Trinajstić information content (AvgIpc) is 2.68. The van der Waals surface area contributed by atoms with Gasteiger partial charge in [-0.3, -0.25) is 4.79 Å². The first kappa shape index (κ1) is 20.7. The van der Waals surface area contributed by atoms with Crippen molar-refractivity contribution in [2.75, 3.05) is 20.8 Å². The molecule has 0 aliphatic heterocycles. The SMILES string of the molecule is COc1ccc(CCNC(=O)[C@@H](C)NS(=O)(=O)c2ccccc2)cc1OC. The van der Waals surface area contributed by atoms with Crippen LogP contribution in [0.15, 0.2) is 53.4 Å². The molecule has 0 heterocycles. The van der Waals surface area contributed by atoms with Gasteiger partial charge in [-0.05, 0) is 43.2 Å². The number of carbonyl (C=O) groups is 1. The average molecular weight is 392 g/mol. The van der Waals surface area contributed by atoms with Crippen LogP contribution in [0.5, 0.6) is 11.5 Å². The summed E-state index contributed by atoms with van der Waals surface area (Å²) >= 11 is 0. The molecule has 0 saturated carbocycles. The minimum absolute atomic E-state index is 0.120. The van der Waals surface area contributed by atoms with Crippen molar-refractivity contribution < 1.29 is 22.7 Å². The first-order valence-corrected chi connectivity index (χ1v) is 9.91. The van der Waals surface area contributed by atoms with Crippen molar-refractivity contribution in [2.24, 2.45) is 0 Å². The van der Waals surface area contributed by atoms with Crippen LogP contribution in [0.4, 0.5) is 0 Å². The van der Waals surface area contributed by atoms with Gasteiger partial charge in [0.25, 0.3) is 0 Å². The zero-order valence-electron chi connectivity index (χ0n) is 15.6. The number of sulfonamides is 1. The van der Waals surface area contributed by atoms with E-state index in [2.05, 4.69) is 10.0 Å². The van der Waals surface area contributed by atoms with Gasteiger partial charge in [0.1, 0.15) is 0 Å². The Balaban J connectivity index is 1.88. The highest BCUT2D eigenvalue weighted by atomic mass is 32.2. The number of hydrogen-bond acceptors (Lipinski definition) is 5. The molecule has 0 saturated heterocycles. The van der Waals surface area contributed by atoms with Gasteiger partial charge in [-0.25, -0.2) is 8.42 Å². The molecule has 0 fully saturated rings. The fourth-order valence-corrected chi connectivity index (χ4v) is 3.70. The van der Waals surface area contributed by atoms with Crippen LogP contribution in [0.1, 0.15) is 12.5 Å². The molecule has 7 nitrogen and oxygen atoms in total. The minimum atomic E-state index is -3.74. The summed E-state index contributed by atoms with van der Waals surface area (Å²) in [5, 5.41) is 2.73. The number of carbonyl (C=O) groups excluding carboxylic acids is 1. The third-order valence-corrected chi connectivity index (χ3v) is 5.50. The molecule has 8 heteroatoms. The summed E-state index contributed by atoms with van der Waals surface area (Å²) in [6.45, 7) is 1.87. The molecule has 1 amide bonds. The van der Waals surface area contributed by atoms with E-state index < -0.39 is 22.0 Å². The predicted molar refractivity (Wildman–Crippen MR) is 102 cm³/mol. The van der Waals surface area contributed by atoms with Crippen LogP contribution in [0, 0.1) is 0 Å². The summed E-state index contributed by atoms with van der Waals surface area (Å²) in [6.07, 6.45) is 0.574. The van der Waals surface area contributed by atoms with Gasteiger partial charge in [-0.2, -0.15) is 4.72 Å². The minimum Gasteiger partial charge on any atom is -0.493 e. The highest BCUT2D eigenvalue weighted by molar-refractivity contribution is 7.89. The Bertz CT molecular complexity index is 869. The largest absolute Gasteiger partial charge is 0.493 e. The number of methoxy groups -OCH3 is 2.